The molecule has 2 aromatic rings. The number of rotatable bonds is 4. The molecule has 0 radical (unpaired) electrons. The summed E-state index contributed by atoms with van der Waals surface area (Å²) in [7, 11) is 3.77. The molecule has 0 spiro atoms. The first-order valence-corrected chi connectivity index (χ1v) is 6.55. The van der Waals surface area contributed by atoms with Crippen LogP contribution in [0.2, 0.25) is 0 Å². The third-order valence-corrected chi connectivity index (χ3v) is 3.35. The zero-order valence-corrected chi connectivity index (χ0v) is 12.3. The lowest BCUT2D eigenvalue weighted by molar-refractivity contribution is -0.114. The third-order valence-electron chi connectivity index (χ3n) is 3.35. The van der Waals surface area contributed by atoms with Crippen molar-refractivity contribution in [1.29, 1.82) is 0 Å². The van der Waals surface area contributed by atoms with Gasteiger partial charge in [0.1, 0.15) is 0 Å². The SMILES string of the molecule is Cc1nn(C)c(C)c1NC(=O)CN(C)c1ccccc1. The van der Waals surface area contributed by atoms with Crippen molar-refractivity contribution >= 4 is 17.3 Å². The van der Waals surface area contributed by atoms with Gasteiger partial charge in [0.15, 0.2) is 0 Å². The highest BCUT2D eigenvalue weighted by atomic mass is 16.2. The number of para-hydroxylation sites is 1. The van der Waals surface area contributed by atoms with Crippen molar-refractivity contribution in [2.45, 2.75) is 13.8 Å². The van der Waals surface area contributed by atoms with Gasteiger partial charge in [-0.05, 0) is 26.0 Å². The Hall–Kier alpha value is -2.30. The molecule has 2 rings (SSSR count). The molecule has 0 unspecified atom stereocenters. The van der Waals surface area contributed by atoms with Crippen LogP contribution in [-0.4, -0.2) is 29.3 Å². The van der Waals surface area contributed by atoms with Crippen LogP contribution in [0.1, 0.15) is 11.4 Å². The summed E-state index contributed by atoms with van der Waals surface area (Å²) in [6.45, 7) is 4.14. The first kappa shape index (κ1) is 14.1. The summed E-state index contributed by atoms with van der Waals surface area (Å²) in [5.41, 5.74) is 3.61. The minimum absolute atomic E-state index is 0.0458. The van der Waals surface area contributed by atoms with E-state index in [-0.39, 0.29) is 5.91 Å². The van der Waals surface area contributed by atoms with Crippen LogP contribution in [0.25, 0.3) is 0 Å². The molecule has 1 heterocycles. The Morgan fingerprint density at radius 2 is 1.95 bits per heavy atom. The lowest BCUT2D eigenvalue weighted by atomic mass is 10.3. The quantitative estimate of drug-likeness (QED) is 0.927. The van der Waals surface area contributed by atoms with E-state index in [1.54, 1.807) is 4.68 Å². The standard InChI is InChI=1S/C15H20N4O/c1-11-15(12(2)19(4)17-11)16-14(20)10-18(3)13-8-6-5-7-9-13/h5-9H,10H2,1-4H3,(H,16,20). The number of aromatic nitrogens is 2. The van der Waals surface area contributed by atoms with Gasteiger partial charge in [-0.2, -0.15) is 5.10 Å². The Bertz CT molecular complexity index is 604. The monoisotopic (exact) mass is 272 g/mol. The molecule has 5 nitrogen and oxygen atoms in total. The molecule has 0 saturated carbocycles. The van der Waals surface area contributed by atoms with Crippen LogP contribution in [0.15, 0.2) is 30.3 Å². The van der Waals surface area contributed by atoms with Crippen molar-refractivity contribution in [3.05, 3.63) is 41.7 Å². The summed E-state index contributed by atoms with van der Waals surface area (Å²) in [5.74, 6) is -0.0458. The predicted molar refractivity (Wildman–Crippen MR) is 81.0 cm³/mol. The van der Waals surface area contributed by atoms with Gasteiger partial charge in [-0.1, -0.05) is 18.2 Å². The van der Waals surface area contributed by atoms with E-state index in [4.69, 9.17) is 0 Å². The van der Waals surface area contributed by atoms with Crippen LogP contribution in [-0.2, 0) is 11.8 Å². The van der Waals surface area contributed by atoms with Gasteiger partial charge in [-0.25, -0.2) is 0 Å². The topological polar surface area (TPSA) is 50.2 Å². The number of amides is 1. The van der Waals surface area contributed by atoms with Crippen LogP contribution in [0, 0.1) is 13.8 Å². The molecule has 1 N–H and O–H groups in total. The number of hydrogen-bond donors (Lipinski definition) is 1. The van der Waals surface area contributed by atoms with E-state index in [2.05, 4.69) is 10.4 Å². The van der Waals surface area contributed by atoms with Crippen LogP contribution < -0.4 is 10.2 Å². The summed E-state index contributed by atoms with van der Waals surface area (Å²) in [5, 5.41) is 7.23. The summed E-state index contributed by atoms with van der Waals surface area (Å²) in [4.78, 5) is 14.0. The Morgan fingerprint density at radius 1 is 1.30 bits per heavy atom. The molecule has 0 bridgehead atoms. The Kier molecular flexibility index (Phi) is 4.08. The van der Waals surface area contributed by atoms with Crippen LogP contribution in [0.4, 0.5) is 11.4 Å². The normalized spacial score (nSPS) is 10.4. The zero-order valence-electron chi connectivity index (χ0n) is 12.3. The molecule has 20 heavy (non-hydrogen) atoms. The lowest BCUT2D eigenvalue weighted by Gasteiger charge is -2.18. The van der Waals surface area contributed by atoms with Crippen molar-refractivity contribution in [2.75, 3.05) is 23.8 Å². The smallest absolute Gasteiger partial charge is 0.243 e. The van der Waals surface area contributed by atoms with E-state index in [0.717, 1.165) is 22.8 Å². The number of aryl methyl sites for hydroxylation is 2. The Morgan fingerprint density at radius 3 is 2.50 bits per heavy atom. The van der Waals surface area contributed by atoms with Crippen molar-refractivity contribution in [3.8, 4) is 0 Å². The van der Waals surface area contributed by atoms with Crippen LogP contribution in [0.5, 0.6) is 0 Å². The van der Waals surface area contributed by atoms with Gasteiger partial charge >= 0.3 is 0 Å². The van der Waals surface area contributed by atoms with Crippen molar-refractivity contribution < 1.29 is 4.79 Å². The van der Waals surface area contributed by atoms with Crippen molar-refractivity contribution in [2.24, 2.45) is 7.05 Å². The van der Waals surface area contributed by atoms with Crippen molar-refractivity contribution in [3.63, 3.8) is 0 Å². The number of hydrogen-bond acceptors (Lipinski definition) is 3. The Balaban J connectivity index is 2.03. The minimum Gasteiger partial charge on any atom is -0.365 e. The van der Waals surface area contributed by atoms with Crippen molar-refractivity contribution in [1.82, 2.24) is 9.78 Å². The zero-order chi connectivity index (χ0) is 14.7. The first-order chi connectivity index (χ1) is 9.49. The fourth-order valence-corrected chi connectivity index (χ4v) is 2.12. The second-order valence-electron chi connectivity index (χ2n) is 4.91. The minimum atomic E-state index is -0.0458. The molecule has 0 aliphatic rings. The summed E-state index contributed by atoms with van der Waals surface area (Å²) in [6, 6.07) is 9.83. The van der Waals surface area contributed by atoms with Gasteiger partial charge in [-0.3, -0.25) is 9.48 Å². The van der Waals surface area contributed by atoms with E-state index in [1.165, 1.54) is 0 Å². The molecule has 5 heteroatoms. The molecule has 1 aromatic carbocycles. The average Bonchev–Trinajstić information content (AvgIpc) is 2.66. The Labute approximate surface area is 119 Å². The highest BCUT2D eigenvalue weighted by Crippen LogP contribution is 2.18. The molecule has 106 valence electrons. The van der Waals surface area contributed by atoms with E-state index in [1.807, 2.05) is 63.2 Å². The third kappa shape index (κ3) is 2.99. The fraction of sp³-hybridized carbons (Fsp3) is 0.333. The van der Waals surface area contributed by atoms with Gasteiger partial charge in [0, 0.05) is 19.8 Å². The molecule has 0 atom stereocenters. The number of anilines is 2. The molecule has 0 fully saturated rings. The van der Waals surface area contributed by atoms with Gasteiger partial charge in [-0.15, -0.1) is 0 Å². The highest BCUT2D eigenvalue weighted by molar-refractivity contribution is 5.95. The number of nitrogens with one attached hydrogen (secondary N) is 1. The number of benzene rings is 1. The summed E-state index contributed by atoms with van der Waals surface area (Å²) >= 11 is 0. The maximum atomic E-state index is 12.1. The number of carbonyl (C=O) groups is 1. The summed E-state index contributed by atoms with van der Waals surface area (Å²) in [6.07, 6.45) is 0. The molecular formula is C15H20N4O. The van der Waals surface area contributed by atoms with Gasteiger partial charge in [0.2, 0.25) is 5.91 Å². The van der Waals surface area contributed by atoms with Crippen LogP contribution >= 0.6 is 0 Å². The highest BCUT2D eigenvalue weighted by Gasteiger charge is 2.13. The number of carbonyl (C=O) groups excluding carboxylic acids is 1. The maximum Gasteiger partial charge on any atom is 0.243 e. The van der Waals surface area contributed by atoms with E-state index < -0.39 is 0 Å². The van der Waals surface area contributed by atoms with E-state index in [9.17, 15) is 4.79 Å². The average molecular weight is 272 g/mol. The largest absolute Gasteiger partial charge is 0.365 e. The molecular weight excluding hydrogens is 252 g/mol. The first-order valence-electron chi connectivity index (χ1n) is 6.55. The molecule has 0 aliphatic heterocycles. The van der Waals surface area contributed by atoms with Gasteiger partial charge in [0.05, 0.1) is 23.6 Å². The lowest BCUT2D eigenvalue weighted by Crippen LogP contribution is -2.30. The molecule has 0 aliphatic carbocycles. The molecule has 0 saturated heterocycles. The van der Waals surface area contributed by atoms with Gasteiger partial charge in [0.25, 0.3) is 0 Å². The van der Waals surface area contributed by atoms with Gasteiger partial charge < -0.3 is 10.2 Å². The van der Waals surface area contributed by atoms with E-state index >= 15 is 0 Å². The van der Waals surface area contributed by atoms with Crippen LogP contribution in [0.3, 0.4) is 0 Å². The van der Waals surface area contributed by atoms with E-state index in [0.29, 0.717) is 6.54 Å². The number of likely N-dealkylation sites (N-methyl/N-ethyl adjacent to an activating group) is 1. The maximum absolute atomic E-state index is 12.1. The molecule has 1 amide bonds. The summed E-state index contributed by atoms with van der Waals surface area (Å²) < 4.78 is 1.77. The fourth-order valence-electron chi connectivity index (χ4n) is 2.12. The molecule has 1 aromatic heterocycles. The number of nitrogens with zero attached hydrogens (tertiary/aromatic N) is 3. The second kappa shape index (κ2) is 5.77. The predicted octanol–water partition coefficient (Wildman–Crippen LogP) is 2.11. The second-order valence-corrected chi connectivity index (χ2v) is 4.91.